The van der Waals surface area contributed by atoms with Crippen molar-refractivity contribution in [2.75, 3.05) is 0 Å². The molecule has 0 saturated heterocycles. The highest BCUT2D eigenvalue weighted by molar-refractivity contribution is 5.76. The molecule has 1 atom stereocenters. The van der Waals surface area contributed by atoms with E-state index >= 15 is 0 Å². The van der Waals surface area contributed by atoms with E-state index in [4.69, 9.17) is 0 Å². The van der Waals surface area contributed by atoms with Gasteiger partial charge in [0, 0.05) is 5.56 Å². The van der Waals surface area contributed by atoms with E-state index in [-0.39, 0.29) is 10.8 Å². The van der Waals surface area contributed by atoms with Gasteiger partial charge in [-0.25, -0.2) is 0 Å². The molecule has 1 aliphatic rings. The van der Waals surface area contributed by atoms with Gasteiger partial charge in [0.05, 0.1) is 0 Å². The van der Waals surface area contributed by atoms with Gasteiger partial charge in [0.1, 0.15) is 6.29 Å². The van der Waals surface area contributed by atoms with Crippen molar-refractivity contribution in [1.29, 1.82) is 0 Å². The largest absolute Gasteiger partial charge is 0.298 e. The first-order valence-electron chi connectivity index (χ1n) is 6.03. The van der Waals surface area contributed by atoms with Gasteiger partial charge in [0.15, 0.2) is 0 Å². The second-order valence-electron chi connectivity index (χ2n) is 5.90. The molecule has 0 heterocycles. The predicted molar refractivity (Wildman–Crippen MR) is 67.1 cm³/mol. The maximum absolute atomic E-state index is 10.9. The average Bonchev–Trinajstić information content (AvgIpc) is 2.47. The molecule has 0 bridgehead atoms. The molecule has 1 aromatic carbocycles. The molecule has 0 aromatic heterocycles. The number of hydrogen-bond donors (Lipinski definition) is 0. The van der Waals surface area contributed by atoms with Gasteiger partial charge in [-0.2, -0.15) is 0 Å². The molecule has 0 saturated carbocycles. The van der Waals surface area contributed by atoms with E-state index in [9.17, 15) is 4.79 Å². The molecule has 1 aliphatic carbocycles. The van der Waals surface area contributed by atoms with E-state index in [0.29, 0.717) is 0 Å². The topological polar surface area (TPSA) is 17.1 Å². The maximum Gasteiger partial charge on any atom is 0.150 e. The molecule has 1 nitrogen and oxygen atoms in total. The Balaban J connectivity index is 2.64. The molecule has 1 unspecified atom stereocenters. The van der Waals surface area contributed by atoms with Gasteiger partial charge >= 0.3 is 0 Å². The van der Waals surface area contributed by atoms with Crippen molar-refractivity contribution in [2.24, 2.45) is 0 Å². The van der Waals surface area contributed by atoms with Crippen LogP contribution in [-0.4, -0.2) is 6.29 Å². The summed E-state index contributed by atoms with van der Waals surface area (Å²) in [6.07, 6.45) is 3.25. The van der Waals surface area contributed by atoms with Crippen LogP contribution in [0.2, 0.25) is 0 Å². The summed E-state index contributed by atoms with van der Waals surface area (Å²) in [5.41, 5.74) is 4.07. The number of aldehydes is 1. The van der Waals surface area contributed by atoms with Crippen LogP contribution in [0.4, 0.5) is 0 Å². The van der Waals surface area contributed by atoms with Gasteiger partial charge in [0.2, 0.25) is 0 Å². The van der Waals surface area contributed by atoms with Gasteiger partial charge in [-0.15, -0.1) is 0 Å². The van der Waals surface area contributed by atoms with Gasteiger partial charge in [-0.3, -0.25) is 4.79 Å². The second-order valence-corrected chi connectivity index (χ2v) is 5.90. The van der Waals surface area contributed by atoms with E-state index < -0.39 is 0 Å². The van der Waals surface area contributed by atoms with Crippen LogP contribution in [0.3, 0.4) is 0 Å². The third-order valence-corrected chi connectivity index (χ3v) is 4.17. The number of carbonyl (C=O) groups excluding carboxylic acids is 1. The van der Waals surface area contributed by atoms with Crippen LogP contribution in [-0.2, 0) is 10.8 Å². The third-order valence-electron chi connectivity index (χ3n) is 4.17. The van der Waals surface area contributed by atoms with Crippen molar-refractivity contribution in [2.45, 2.75) is 51.4 Å². The lowest BCUT2D eigenvalue weighted by atomic mass is 9.78. The summed E-state index contributed by atoms with van der Waals surface area (Å²) < 4.78 is 0. The first-order chi connectivity index (χ1) is 7.43. The van der Waals surface area contributed by atoms with Crippen LogP contribution in [0.15, 0.2) is 18.2 Å². The molecule has 1 aromatic rings. The Morgan fingerprint density at radius 3 is 2.50 bits per heavy atom. The van der Waals surface area contributed by atoms with E-state index in [1.54, 1.807) is 0 Å². The van der Waals surface area contributed by atoms with Crippen molar-refractivity contribution < 1.29 is 4.79 Å². The molecule has 0 fully saturated rings. The highest BCUT2D eigenvalue weighted by Gasteiger charge is 2.43. The van der Waals surface area contributed by atoms with Gasteiger partial charge in [-0.1, -0.05) is 39.8 Å². The minimum absolute atomic E-state index is 0.234. The molecule has 1 heteroatoms. The molecular weight excluding hydrogens is 196 g/mol. The molecule has 86 valence electrons. The van der Waals surface area contributed by atoms with Gasteiger partial charge < -0.3 is 0 Å². The summed E-state index contributed by atoms with van der Waals surface area (Å²) in [6.45, 7) is 9.15. The quantitative estimate of drug-likeness (QED) is 0.686. The number of benzene rings is 1. The third kappa shape index (κ3) is 1.50. The average molecular weight is 216 g/mol. The Morgan fingerprint density at radius 2 is 1.94 bits per heavy atom. The molecule has 0 radical (unpaired) electrons. The highest BCUT2D eigenvalue weighted by Crippen LogP contribution is 2.51. The van der Waals surface area contributed by atoms with Crippen LogP contribution in [0.25, 0.3) is 0 Å². The lowest BCUT2D eigenvalue weighted by molar-refractivity contribution is 0.112. The summed E-state index contributed by atoms with van der Waals surface area (Å²) in [5.74, 6) is 0. The second kappa shape index (κ2) is 3.44. The molecule has 0 amide bonds. The SMILES string of the molecule is CCC1(C)CC(C)(C)c2ccc(C=O)cc21. The van der Waals surface area contributed by atoms with Crippen LogP contribution >= 0.6 is 0 Å². The Morgan fingerprint density at radius 1 is 1.25 bits per heavy atom. The Labute approximate surface area is 97.9 Å². The number of hydrogen-bond acceptors (Lipinski definition) is 1. The smallest absolute Gasteiger partial charge is 0.150 e. The normalized spacial score (nSPS) is 26.5. The fraction of sp³-hybridized carbons (Fsp3) is 0.533. The molecule has 0 N–H and O–H groups in total. The monoisotopic (exact) mass is 216 g/mol. The van der Waals surface area contributed by atoms with Crippen LogP contribution in [0.5, 0.6) is 0 Å². The standard InChI is InChI=1S/C15H20O/c1-5-15(4)10-14(2,3)12-7-6-11(9-16)8-13(12)15/h6-9H,5,10H2,1-4H3. The van der Waals surface area contributed by atoms with Crippen LogP contribution < -0.4 is 0 Å². The Bertz CT molecular complexity index is 431. The van der Waals surface area contributed by atoms with E-state index in [2.05, 4.69) is 39.8 Å². The zero-order valence-electron chi connectivity index (χ0n) is 10.6. The zero-order chi connectivity index (χ0) is 12.0. The Hall–Kier alpha value is -1.11. The van der Waals surface area contributed by atoms with Crippen molar-refractivity contribution >= 4 is 6.29 Å². The Kier molecular flexibility index (Phi) is 2.45. The van der Waals surface area contributed by atoms with Crippen molar-refractivity contribution in [3.63, 3.8) is 0 Å². The number of rotatable bonds is 2. The molecule has 0 aliphatic heterocycles. The summed E-state index contributed by atoms with van der Waals surface area (Å²) in [4.78, 5) is 10.9. The fourth-order valence-corrected chi connectivity index (χ4v) is 3.21. The van der Waals surface area contributed by atoms with E-state index in [0.717, 1.165) is 18.3 Å². The molecule has 0 spiro atoms. The molecular formula is C15H20O. The van der Waals surface area contributed by atoms with E-state index in [1.807, 2.05) is 6.07 Å². The van der Waals surface area contributed by atoms with Crippen LogP contribution in [0, 0.1) is 0 Å². The lowest BCUT2D eigenvalue weighted by Gasteiger charge is -2.26. The summed E-state index contributed by atoms with van der Waals surface area (Å²) in [7, 11) is 0. The predicted octanol–water partition coefficient (Wildman–Crippen LogP) is 3.85. The van der Waals surface area contributed by atoms with Crippen LogP contribution in [0.1, 0.15) is 62.0 Å². The maximum atomic E-state index is 10.9. The zero-order valence-corrected chi connectivity index (χ0v) is 10.6. The van der Waals surface area contributed by atoms with Gasteiger partial charge in [0.25, 0.3) is 0 Å². The van der Waals surface area contributed by atoms with Crippen molar-refractivity contribution in [3.05, 3.63) is 34.9 Å². The molecule has 2 rings (SSSR count). The summed E-state index contributed by atoms with van der Waals surface area (Å²) in [5, 5.41) is 0. The number of carbonyl (C=O) groups is 1. The first kappa shape index (κ1) is 11.4. The first-order valence-corrected chi connectivity index (χ1v) is 6.03. The van der Waals surface area contributed by atoms with E-state index in [1.165, 1.54) is 17.5 Å². The molecule has 16 heavy (non-hydrogen) atoms. The van der Waals surface area contributed by atoms with Crippen molar-refractivity contribution in [3.8, 4) is 0 Å². The minimum atomic E-state index is 0.234. The number of fused-ring (bicyclic) bond motifs is 1. The lowest BCUT2D eigenvalue weighted by Crippen LogP contribution is -2.20. The minimum Gasteiger partial charge on any atom is -0.298 e. The van der Waals surface area contributed by atoms with Crippen molar-refractivity contribution in [1.82, 2.24) is 0 Å². The summed E-state index contributed by atoms with van der Waals surface area (Å²) >= 11 is 0. The van der Waals surface area contributed by atoms with Gasteiger partial charge in [-0.05, 0) is 40.9 Å². The highest BCUT2D eigenvalue weighted by atomic mass is 16.1. The summed E-state index contributed by atoms with van der Waals surface area (Å²) in [6, 6.07) is 6.16. The fourth-order valence-electron chi connectivity index (χ4n) is 3.21.